The van der Waals surface area contributed by atoms with E-state index < -0.39 is 24.8 Å². The highest BCUT2D eigenvalue weighted by Gasteiger charge is 2.30. The van der Waals surface area contributed by atoms with E-state index in [1.807, 2.05) is 36.0 Å². The fraction of sp³-hybridized carbons (Fsp3) is 0.261. The molecule has 4 rings (SSSR count). The van der Waals surface area contributed by atoms with E-state index in [-0.39, 0.29) is 17.1 Å². The molecule has 0 spiro atoms. The van der Waals surface area contributed by atoms with Crippen molar-refractivity contribution in [2.75, 3.05) is 14.2 Å². The number of carbonyl (C=O) groups excluding carboxylic acids is 1. The minimum atomic E-state index is -4.43. The van der Waals surface area contributed by atoms with Crippen LogP contribution < -0.4 is 9.47 Å². The summed E-state index contributed by atoms with van der Waals surface area (Å²) in [4.78, 5) is 17.0. The Labute approximate surface area is 187 Å². The molecule has 0 unspecified atom stereocenters. The Balaban J connectivity index is 1.74. The van der Waals surface area contributed by atoms with Crippen molar-refractivity contribution in [2.45, 2.75) is 19.0 Å². The lowest BCUT2D eigenvalue weighted by Gasteiger charge is -2.15. The number of ether oxygens (including phenoxy) is 2. The number of Topliss-reactive ketones (excluding diaryl/α,β-unsaturated/α-hetero) is 1. The summed E-state index contributed by atoms with van der Waals surface area (Å²) in [5.74, 6) is -0.427. The van der Waals surface area contributed by atoms with Gasteiger partial charge in [-0.3, -0.25) is 13.9 Å². The van der Waals surface area contributed by atoms with Gasteiger partial charge in [0.2, 0.25) is 0 Å². The topological polar surface area (TPSA) is 70.7 Å². The van der Waals surface area contributed by atoms with Crippen LogP contribution in [0.1, 0.15) is 23.2 Å². The summed E-state index contributed by atoms with van der Waals surface area (Å²) in [5.41, 5.74) is 3.92. The number of aromatic nitrogens is 4. The molecule has 0 radical (unpaired) electrons. The van der Waals surface area contributed by atoms with Crippen LogP contribution >= 0.6 is 0 Å². The van der Waals surface area contributed by atoms with Crippen molar-refractivity contribution < 1.29 is 27.4 Å². The second kappa shape index (κ2) is 8.61. The normalized spacial score (nSPS) is 11.7. The molecule has 10 heteroatoms. The second-order valence-corrected chi connectivity index (χ2v) is 7.48. The van der Waals surface area contributed by atoms with Gasteiger partial charge in [-0.25, -0.2) is 4.98 Å². The first kappa shape index (κ1) is 22.4. The third-order valence-electron chi connectivity index (χ3n) is 5.27. The van der Waals surface area contributed by atoms with E-state index in [1.165, 1.54) is 14.2 Å². The van der Waals surface area contributed by atoms with E-state index in [0.29, 0.717) is 16.9 Å². The number of halogens is 3. The molecular weight excluding hydrogens is 437 g/mol. The van der Waals surface area contributed by atoms with Crippen LogP contribution in [0.2, 0.25) is 0 Å². The highest BCUT2D eigenvalue weighted by Crippen LogP contribution is 2.37. The molecule has 0 aliphatic rings. The number of benzene rings is 1. The third-order valence-corrected chi connectivity index (χ3v) is 5.27. The lowest BCUT2D eigenvalue weighted by atomic mass is 10.0. The maximum Gasteiger partial charge on any atom is 0.389 e. The zero-order valence-corrected chi connectivity index (χ0v) is 18.2. The summed E-state index contributed by atoms with van der Waals surface area (Å²) >= 11 is 0. The first-order valence-electron chi connectivity index (χ1n) is 10.0. The van der Waals surface area contributed by atoms with Crippen molar-refractivity contribution in [2.24, 2.45) is 7.05 Å². The second-order valence-electron chi connectivity index (χ2n) is 7.48. The van der Waals surface area contributed by atoms with Gasteiger partial charge in [0.15, 0.2) is 5.78 Å². The van der Waals surface area contributed by atoms with E-state index in [1.54, 1.807) is 29.2 Å². The molecule has 1 aromatic carbocycles. The van der Waals surface area contributed by atoms with Crippen molar-refractivity contribution in [3.63, 3.8) is 0 Å². The molecule has 0 N–H and O–H groups in total. The first-order chi connectivity index (χ1) is 15.7. The van der Waals surface area contributed by atoms with Gasteiger partial charge < -0.3 is 9.47 Å². The smallest absolute Gasteiger partial charge is 0.389 e. The standard InChI is InChI=1S/C23H21F3N4O3/c1-29-13-16(11-28-29)14-5-7-30-17(12-27-21(30)10-14)15-8-19(32-2)22(20(9-15)33-3)18(31)4-6-23(24,25)26/h5,7-13H,4,6H2,1-3H3. The van der Waals surface area contributed by atoms with E-state index in [2.05, 4.69) is 10.1 Å². The van der Waals surface area contributed by atoms with Gasteiger partial charge in [0.05, 0.1) is 38.7 Å². The average molecular weight is 458 g/mol. The average Bonchev–Trinajstić information content (AvgIpc) is 3.41. The molecule has 3 aromatic heterocycles. The van der Waals surface area contributed by atoms with Crippen LogP contribution in [-0.2, 0) is 7.05 Å². The Bertz CT molecular complexity index is 1300. The monoisotopic (exact) mass is 458 g/mol. The number of ketones is 1. The number of alkyl halides is 3. The number of methoxy groups -OCH3 is 2. The molecule has 4 aromatic rings. The van der Waals surface area contributed by atoms with Crippen LogP contribution in [0.4, 0.5) is 13.2 Å². The van der Waals surface area contributed by atoms with Gasteiger partial charge in [0.1, 0.15) is 22.7 Å². The summed E-state index contributed by atoms with van der Waals surface area (Å²) < 4.78 is 52.1. The van der Waals surface area contributed by atoms with Crippen LogP contribution in [0.15, 0.2) is 49.1 Å². The lowest BCUT2D eigenvalue weighted by Crippen LogP contribution is -2.12. The number of carbonyl (C=O) groups is 1. The quantitative estimate of drug-likeness (QED) is 0.367. The van der Waals surface area contributed by atoms with Crippen molar-refractivity contribution in [3.8, 4) is 33.9 Å². The molecule has 0 bridgehead atoms. The van der Waals surface area contributed by atoms with Crippen LogP contribution in [0.5, 0.6) is 11.5 Å². The molecule has 0 fully saturated rings. The lowest BCUT2D eigenvalue weighted by molar-refractivity contribution is -0.133. The zero-order valence-electron chi connectivity index (χ0n) is 18.2. The predicted molar refractivity (Wildman–Crippen MR) is 116 cm³/mol. The Morgan fingerprint density at radius 1 is 1.03 bits per heavy atom. The number of hydrogen-bond donors (Lipinski definition) is 0. The van der Waals surface area contributed by atoms with Gasteiger partial charge in [-0.05, 0) is 29.8 Å². The minimum absolute atomic E-state index is 0.0133. The van der Waals surface area contributed by atoms with Gasteiger partial charge in [0.25, 0.3) is 0 Å². The van der Waals surface area contributed by atoms with Crippen molar-refractivity contribution in [3.05, 3.63) is 54.6 Å². The number of pyridine rings is 1. The number of hydrogen-bond acceptors (Lipinski definition) is 5. The summed E-state index contributed by atoms with van der Waals surface area (Å²) in [5, 5.41) is 4.18. The fourth-order valence-corrected chi connectivity index (χ4v) is 3.66. The number of imidazole rings is 1. The molecule has 0 saturated carbocycles. The number of rotatable bonds is 7. The van der Waals surface area contributed by atoms with Gasteiger partial charge in [-0.1, -0.05) is 0 Å². The van der Waals surface area contributed by atoms with Gasteiger partial charge in [-0.2, -0.15) is 18.3 Å². The maximum absolute atomic E-state index is 12.6. The summed E-state index contributed by atoms with van der Waals surface area (Å²) in [7, 11) is 4.55. The fourth-order valence-electron chi connectivity index (χ4n) is 3.66. The molecule has 0 amide bonds. The molecule has 7 nitrogen and oxygen atoms in total. The largest absolute Gasteiger partial charge is 0.496 e. The maximum atomic E-state index is 12.6. The van der Waals surface area contributed by atoms with E-state index in [9.17, 15) is 18.0 Å². The molecule has 33 heavy (non-hydrogen) atoms. The van der Waals surface area contributed by atoms with E-state index in [0.717, 1.165) is 11.1 Å². The van der Waals surface area contributed by atoms with Crippen LogP contribution in [0.3, 0.4) is 0 Å². The summed E-state index contributed by atoms with van der Waals surface area (Å²) in [6.45, 7) is 0. The van der Waals surface area contributed by atoms with Crippen LogP contribution in [0.25, 0.3) is 28.0 Å². The highest BCUT2D eigenvalue weighted by atomic mass is 19.4. The van der Waals surface area contributed by atoms with Crippen LogP contribution in [-0.4, -0.2) is 45.3 Å². The zero-order chi connectivity index (χ0) is 23.8. The van der Waals surface area contributed by atoms with Crippen LogP contribution in [0, 0.1) is 0 Å². The van der Waals surface area contributed by atoms with Crippen molar-refractivity contribution in [1.29, 1.82) is 0 Å². The van der Waals surface area contributed by atoms with Gasteiger partial charge in [-0.15, -0.1) is 0 Å². The van der Waals surface area contributed by atoms with E-state index in [4.69, 9.17) is 9.47 Å². The van der Waals surface area contributed by atoms with E-state index >= 15 is 0 Å². The third kappa shape index (κ3) is 4.55. The molecule has 0 aliphatic heterocycles. The molecule has 172 valence electrons. The Morgan fingerprint density at radius 2 is 1.73 bits per heavy atom. The molecule has 0 aliphatic carbocycles. The molecule has 3 heterocycles. The van der Waals surface area contributed by atoms with Gasteiger partial charge in [0, 0.05) is 37.0 Å². The molecular formula is C23H21F3N4O3. The SMILES string of the molecule is COc1cc(-c2cnc3cc(-c4cnn(C)c4)ccn23)cc(OC)c1C(=O)CCC(F)(F)F. The minimum Gasteiger partial charge on any atom is -0.496 e. The number of aryl methyl sites for hydroxylation is 1. The Kier molecular flexibility index (Phi) is 5.84. The molecule has 0 saturated heterocycles. The highest BCUT2D eigenvalue weighted by molar-refractivity contribution is 6.02. The number of nitrogens with zero attached hydrogens (tertiary/aromatic N) is 4. The van der Waals surface area contributed by atoms with Crippen molar-refractivity contribution >= 4 is 11.4 Å². The first-order valence-corrected chi connectivity index (χ1v) is 10.0. The van der Waals surface area contributed by atoms with Gasteiger partial charge >= 0.3 is 6.18 Å². The number of fused-ring (bicyclic) bond motifs is 1. The predicted octanol–water partition coefficient (Wildman–Crippen LogP) is 4.94. The summed E-state index contributed by atoms with van der Waals surface area (Å²) in [6, 6.07) is 7.05. The molecule has 0 atom stereocenters. The van der Waals surface area contributed by atoms with Crippen molar-refractivity contribution in [1.82, 2.24) is 19.2 Å². The summed E-state index contributed by atoms with van der Waals surface area (Å²) in [6.07, 6.45) is 0.860. The Morgan fingerprint density at radius 3 is 2.30 bits per heavy atom. The Hall–Kier alpha value is -3.82.